The first kappa shape index (κ1) is 11.8. The summed E-state index contributed by atoms with van der Waals surface area (Å²) < 4.78 is 13.0. The summed E-state index contributed by atoms with van der Waals surface area (Å²) in [6, 6.07) is 4.20. The Kier molecular flexibility index (Phi) is 2.98. The van der Waals surface area contributed by atoms with Gasteiger partial charge in [-0.3, -0.25) is 14.9 Å². The third kappa shape index (κ3) is 2.22. The first-order chi connectivity index (χ1) is 7.99. The Morgan fingerprint density at radius 3 is 2.65 bits per heavy atom. The van der Waals surface area contributed by atoms with Crippen molar-refractivity contribution < 1.29 is 14.0 Å². The van der Waals surface area contributed by atoms with E-state index < -0.39 is 11.7 Å². The van der Waals surface area contributed by atoms with Crippen molar-refractivity contribution in [1.82, 2.24) is 5.32 Å². The van der Waals surface area contributed by atoms with E-state index in [0.29, 0.717) is 16.7 Å². The van der Waals surface area contributed by atoms with Crippen LogP contribution in [0.25, 0.3) is 5.57 Å². The SMILES string of the molecule is CC(=C1CC(=O)NC1=O)c1ccc(F)c(Cl)c1. The Morgan fingerprint density at radius 1 is 1.41 bits per heavy atom. The van der Waals surface area contributed by atoms with Gasteiger partial charge in [-0.1, -0.05) is 17.7 Å². The summed E-state index contributed by atoms with van der Waals surface area (Å²) in [4.78, 5) is 22.5. The molecule has 0 atom stereocenters. The van der Waals surface area contributed by atoms with Crippen molar-refractivity contribution in [3.63, 3.8) is 0 Å². The number of rotatable bonds is 1. The van der Waals surface area contributed by atoms with Crippen LogP contribution in [-0.4, -0.2) is 11.8 Å². The molecular formula is C12H9ClFNO2. The molecular weight excluding hydrogens is 245 g/mol. The molecule has 0 spiro atoms. The van der Waals surface area contributed by atoms with Gasteiger partial charge in [0.25, 0.3) is 5.91 Å². The minimum Gasteiger partial charge on any atom is -0.292 e. The van der Waals surface area contributed by atoms with Gasteiger partial charge < -0.3 is 0 Å². The highest BCUT2D eigenvalue weighted by Gasteiger charge is 2.26. The summed E-state index contributed by atoms with van der Waals surface area (Å²) in [5.74, 6) is -1.23. The van der Waals surface area contributed by atoms with Crippen LogP contribution in [0.4, 0.5) is 4.39 Å². The van der Waals surface area contributed by atoms with Gasteiger partial charge in [-0.2, -0.15) is 0 Å². The van der Waals surface area contributed by atoms with Gasteiger partial charge in [0, 0.05) is 5.57 Å². The number of hydrogen-bond acceptors (Lipinski definition) is 2. The Balaban J connectivity index is 2.46. The highest BCUT2D eigenvalue weighted by molar-refractivity contribution is 6.31. The van der Waals surface area contributed by atoms with E-state index in [1.54, 1.807) is 6.92 Å². The first-order valence-corrected chi connectivity index (χ1v) is 5.36. The second kappa shape index (κ2) is 4.30. The van der Waals surface area contributed by atoms with Gasteiger partial charge in [0.05, 0.1) is 11.4 Å². The molecule has 1 N–H and O–H groups in total. The Labute approximate surface area is 102 Å². The van der Waals surface area contributed by atoms with E-state index in [9.17, 15) is 14.0 Å². The molecule has 5 heteroatoms. The minimum atomic E-state index is -0.514. The number of benzene rings is 1. The topological polar surface area (TPSA) is 46.2 Å². The first-order valence-electron chi connectivity index (χ1n) is 4.98. The lowest BCUT2D eigenvalue weighted by molar-refractivity contribution is -0.124. The van der Waals surface area contributed by atoms with Crippen molar-refractivity contribution in [3.05, 3.63) is 40.2 Å². The summed E-state index contributed by atoms with van der Waals surface area (Å²) in [5.41, 5.74) is 1.67. The maximum Gasteiger partial charge on any atom is 0.254 e. The third-order valence-corrected chi connectivity index (χ3v) is 2.96. The quantitative estimate of drug-likeness (QED) is 0.617. The zero-order valence-corrected chi connectivity index (χ0v) is 9.77. The minimum absolute atomic E-state index is 0.00724. The fourth-order valence-corrected chi connectivity index (χ4v) is 1.87. The van der Waals surface area contributed by atoms with Gasteiger partial charge >= 0.3 is 0 Å². The number of halogens is 2. The summed E-state index contributed by atoms with van der Waals surface area (Å²) in [7, 11) is 0. The van der Waals surface area contributed by atoms with Crippen LogP contribution in [0, 0.1) is 5.82 Å². The number of allylic oxidation sites excluding steroid dienone is 1. The van der Waals surface area contributed by atoms with Crippen LogP contribution >= 0.6 is 11.6 Å². The molecule has 1 saturated heterocycles. The molecule has 1 aromatic carbocycles. The lowest BCUT2D eigenvalue weighted by Crippen LogP contribution is -2.19. The van der Waals surface area contributed by atoms with Crippen LogP contribution in [-0.2, 0) is 9.59 Å². The molecule has 0 saturated carbocycles. The average molecular weight is 254 g/mol. The van der Waals surface area contributed by atoms with Crippen LogP contribution in [0.3, 0.4) is 0 Å². The van der Waals surface area contributed by atoms with Crippen LogP contribution in [0.15, 0.2) is 23.8 Å². The Morgan fingerprint density at radius 2 is 2.12 bits per heavy atom. The van der Waals surface area contributed by atoms with Gasteiger partial charge in [-0.25, -0.2) is 4.39 Å². The Bertz CT molecular complexity index is 551. The van der Waals surface area contributed by atoms with Crippen LogP contribution in [0.5, 0.6) is 0 Å². The summed E-state index contributed by atoms with van der Waals surface area (Å²) in [5, 5.41) is 2.19. The van der Waals surface area contributed by atoms with E-state index in [1.165, 1.54) is 18.2 Å². The molecule has 1 aliphatic heterocycles. The van der Waals surface area contributed by atoms with Gasteiger partial charge in [-0.05, 0) is 30.2 Å². The highest BCUT2D eigenvalue weighted by Crippen LogP contribution is 2.26. The van der Waals surface area contributed by atoms with Crippen LogP contribution < -0.4 is 5.32 Å². The van der Waals surface area contributed by atoms with Crippen molar-refractivity contribution in [1.29, 1.82) is 0 Å². The third-order valence-electron chi connectivity index (χ3n) is 2.67. The zero-order chi connectivity index (χ0) is 12.6. The van der Waals surface area contributed by atoms with E-state index in [-0.39, 0.29) is 17.4 Å². The molecule has 1 aromatic rings. The van der Waals surface area contributed by atoms with E-state index in [1.807, 2.05) is 0 Å². The van der Waals surface area contributed by atoms with Crippen molar-refractivity contribution in [2.45, 2.75) is 13.3 Å². The molecule has 0 radical (unpaired) electrons. The molecule has 3 nitrogen and oxygen atoms in total. The highest BCUT2D eigenvalue weighted by atomic mass is 35.5. The molecule has 88 valence electrons. The lowest BCUT2D eigenvalue weighted by atomic mass is 10.0. The number of carbonyl (C=O) groups excluding carboxylic acids is 2. The molecule has 1 heterocycles. The molecule has 0 bridgehead atoms. The van der Waals surface area contributed by atoms with Gasteiger partial charge in [-0.15, -0.1) is 0 Å². The number of carbonyl (C=O) groups is 2. The number of amides is 2. The smallest absolute Gasteiger partial charge is 0.254 e. The molecule has 1 aliphatic rings. The fraction of sp³-hybridized carbons (Fsp3) is 0.167. The molecule has 2 amide bonds. The summed E-state index contributed by atoms with van der Waals surface area (Å²) in [6.45, 7) is 1.71. The average Bonchev–Trinajstić information content (AvgIpc) is 2.61. The number of nitrogens with one attached hydrogen (secondary N) is 1. The van der Waals surface area contributed by atoms with Crippen molar-refractivity contribution in [3.8, 4) is 0 Å². The van der Waals surface area contributed by atoms with Crippen molar-refractivity contribution in [2.75, 3.05) is 0 Å². The second-order valence-corrected chi connectivity index (χ2v) is 4.19. The van der Waals surface area contributed by atoms with Crippen molar-refractivity contribution in [2.24, 2.45) is 0 Å². The Hall–Kier alpha value is -1.68. The standard InChI is InChI=1S/C12H9ClFNO2/c1-6(8-5-11(16)15-12(8)17)7-2-3-10(14)9(13)4-7/h2-4H,5H2,1H3,(H,15,16,17). The second-order valence-electron chi connectivity index (χ2n) is 3.79. The number of hydrogen-bond donors (Lipinski definition) is 1. The van der Waals surface area contributed by atoms with Crippen molar-refractivity contribution >= 4 is 29.0 Å². The van der Waals surface area contributed by atoms with Gasteiger partial charge in [0.1, 0.15) is 5.82 Å². The van der Waals surface area contributed by atoms with Crippen LogP contribution in [0.1, 0.15) is 18.9 Å². The van der Waals surface area contributed by atoms with E-state index in [4.69, 9.17) is 11.6 Å². The molecule has 0 aliphatic carbocycles. The van der Waals surface area contributed by atoms with E-state index >= 15 is 0 Å². The predicted octanol–water partition coefficient (Wildman–Crippen LogP) is 2.30. The fourth-order valence-electron chi connectivity index (χ4n) is 1.69. The van der Waals surface area contributed by atoms with E-state index in [2.05, 4.69) is 5.32 Å². The summed E-state index contributed by atoms with van der Waals surface area (Å²) >= 11 is 5.66. The molecule has 2 rings (SSSR count). The van der Waals surface area contributed by atoms with Crippen LogP contribution in [0.2, 0.25) is 5.02 Å². The summed E-state index contributed by atoms with van der Waals surface area (Å²) in [6.07, 6.45) is 0.0552. The van der Waals surface area contributed by atoms with E-state index in [0.717, 1.165) is 0 Å². The zero-order valence-electron chi connectivity index (χ0n) is 9.01. The normalized spacial score (nSPS) is 18.3. The maximum atomic E-state index is 13.0. The lowest BCUT2D eigenvalue weighted by Gasteiger charge is -2.05. The molecule has 0 unspecified atom stereocenters. The predicted molar refractivity (Wildman–Crippen MR) is 61.8 cm³/mol. The largest absolute Gasteiger partial charge is 0.292 e. The number of imide groups is 1. The maximum absolute atomic E-state index is 13.0. The molecule has 0 aromatic heterocycles. The molecule has 17 heavy (non-hydrogen) atoms. The monoisotopic (exact) mass is 253 g/mol. The van der Waals surface area contributed by atoms with Gasteiger partial charge in [0.15, 0.2) is 0 Å². The van der Waals surface area contributed by atoms with Gasteiger partial charge in [0.2, 0.25) is 5.91 Å². The molecule has 1 fully saturated rings.